The minimum atomic E-state index is 0.0533. The van der Waals surface area contributed by atoms with Crippen LogP contribution in [0.25, 0.3) is 0 Å². The highest BCUT2D eigenvalue weighted by Crippen LogP contribution is 2.31. The molecule has 1 aromatic rings. The first-order valence-corrected chi connectivity index (χ1v) is 6.37. The molecule has 0 radical (unpaired) electrons. The van der Waals surface area contributed by atoms with E-state index in [0.717, 1.165) is 5.75 Å². The molecular weight excluding hydrogens is 228 g/mol. The smallest absolute Gasteiger partial charge is 0.123 e. The van der Waals surface area contributed by atoms with Gasteiger partial charge in [-0.15, -0.1) is 0 Å². The van der Waals surface area contributed by atoms with Crippen molar-refractivity contribution < 1.29 is 14.6 Å². The average Bonchev–Trinajstić information content (AvgIpc) is 2.27. The first-order chi connectivity index (χ1) is 8.45. The zero-order valence-corrected chi connectivity index (χ0v) is 11.8. The van der Waals surface area contributed by atoms with Crippen molar-refractivity contribution >= 4 is 0 Å². The molecule has 0 unspecified atom stereocenters. The summed E-state index contributed by atoms with van der Waals surface area (Å²) >= 11 is 0. The van der Waals surface area contributed by atoms with Crippen molar-refractivity contribution in [3.05, 3.63) is 29.3 Å². The van der Waals surface area contributed by atoms with E-state index in [0.29, 0.717) is 19.8 Å². The topological polar surface area (TPSA) is 38.7 Å². The number of ether oxygens (including phenoxy) is 2. The van der Waals surface area contributed by atoms with Crippen LogP contribution in [0.15, 0.2) is 18.2 Å². The number of aliphatic hydroxyl groups excluding tert-OH is 1. The maximum atomic E-state index is 8.60. The molecule has 0 bridgehead atoms. The summed E-state index contributed by atoms with van der Waals surface area (Å²) in [5.41, 5.74) is 2.46. The summed E-state index contributed by atoms with van der Waals surface area (Å²) in [4.78, 5) is 0. The lowest BCUT2D eigenvalue weighted by molar-refractivity contribution is 0.0701. The van der Waals surface area contributed by atoms with Crippen LogP contribution in [-0.4, -0.2) is 31.5 Å². The van der Waals surface area contributed by atoms with E-state index in [4.69, 9.17) is 14.6 Å². The molecule has 0 atom stereocenters. The molecule has 0 saturated carbocycles. The summed E-state index contributed by atoms with van der Waals surface area (Å²) in [6, 6.07) is 6.29. The van der Waals surface area contributed by atoms with Gasteiger partial charge in [0, 0.05) is 0 Å². The third-order valence-corrected chi connectivity index (χ3v) is 2.67. The monoisotopic (exact) mass is 252 g/mol. The van der Waals surface area contributed by atoms with Crippen molar-refractivity contribution in [2.24, 2.45) is 0 Å². The Bertz CT molecular complexity index is 366. The predicted octanol–water partition coefficient (Wildman–Crippen LogP) is 2.68. The summed E-state index contributed by atoms with van der Waals surface area (Å²) in [5.74, 6) is 0.926. The second-order valence-electron chi connectivity index (χ2n) is 5.43. The summed E-state index contributed by atoms with van der Waals surface area (Å²) in [7, 11) is 0. The first-order valence-electron chi connectivity index (χ1n) is 6.37. The molecular formula is C15H24O3. The normalized spacial score (nSPS) is 11.6. The zero-order chi connectivity index (χ0) is 13.6. The molecule has 1 aromatic carbocycles. The Hall–Kier alpha value is -1.06. The zero-order valence-electron chi connectivity index (χ0n) is 11.8. The van der Waals surface area contributed by atoms with E-state index in [1.165, 1.54) is 11.1 Å². The molecule has 0 fully saturated rings. The maximum absolute atomic E-state index is 8.60. The van der Waals surface area contributed by atoms with Gasteiger partial charge in [0.1, 0.15) is 12.4 Å². The van der Waals surface area contributed by atoms with Crippen molar-refractivity contribution in [3.63, 3.8) is 0 Å². The molecule has 0 aliphatic heterocycles. The number of benzene rings is 1. The average molecular weight is 252 g/mol. The first kappa shape index (κ1) is 15.0. The molecule has 0 saturated heterocycles. The van der Waals surface area contributed by atoms with Crippen molar-refractivity contribution in [1.82, 2.24) is 0 Å². The van der Waals surface area contributed by atoms with Crippen LogP contribution in [0.1, 0.15) is 31.9 Å². The SMILES string of the molecule is Cc1ccc(C(C)(C)C)c(OCCOCCO)c1. The predicted molar refractivity (Wildman–Crippen MR) is 73.3 cm³/mol. The van der Waals surface area contributed by atoms with E-state index in [2.05, 4.69) is 45.9 Å². The number of aliphatic hydroxyl groups is 1. The fraction of sp³-hybridized carbons (Fsp3) is 0.600. The van der Waals surface area contributed by atoms with Crippen LogP contribution < -0.4 is 4.74 Å². The quantitative estimate of drug-likeness (QED) is 0.791. The van der Waals surface area contributed by atoms with Gasteiger partial charge < -0.3 is 14.6 Å². The fourth-order valence-electron chi connectivity index (χ4n) is 1.75. The molecule has 1 rings (SSSR count). The highest BCUT2D eigenvalue weighted by Gasteiger charge is 2.18. The van der Waals surface area contributed by atoms with E-state index in [1.807, 2.05) is 0 Å². The van der Waals surface area contributed by atoms with Gasteiger partial charge in [0.2, 0.25) is 0 Å². The Morgan fingerprint density at radius 1 is 1.11 bits per heavy atom. The van der Waals surface area contributed by atoms with Gasteiger partial charge in [-0.25, -0.2) is 0 Å². The van der Waals surface area contributed by atoms with Crippen LogP contribution in [0, 0.1) is 6.92 Å². The van der Waals surface area contributed by atoms with Crippen LogP contribution in [0.3, 0.4) is 0 Å². The molecule has 0 aliphatic carbocycles. The Morgan fingerprint density at radius 2 is 1.83 bits per heavy atom. The summed E-state index contributed by atoms with van der Waals surface area (Å²) in [6.45, 7) is 10.00. The number of rotatable bonds is 6. The van der Waals surface area contributed by atoms with Crippen LogP contribution >= 0.6 is 0 Å². The standard InChI is InChI=1S/C15H24O3/c1-12-5-6-13(15(2,3)4)14(11-12)18-10-9-17-8-7-16/h5-6,11,16H,7-10H2,1-4H3. The van der Waals surface area contributed by atoms with Gasteiger partial charge in [-0.2, -0.15) is 0 Å². The summed E-state index contributed by atoms with van der Waals surface area (Å²) in [5, 5.41) is 8.60. The van der Waals surface area contributed by atoms with Crippen molar-refractivity contribution in [2.45, 2.75) is 33.1 Å². The minimum absolute atomic E-state index is 0.0533. The van der Waals surface area contributed by atoms with Gasteiger partial charge in [-0.05, 0) is 29.5 Å². The van der Waals surface area contributed by atoms with E-state index in [9.17, 15) is 0 Å². The van der Waals surface area contributed by atoms with Crippen molar-refractivity contribution in [3.8, 4) is 5.75 Å². The molecule has 3 heteroatoms. The van der Waals surface area contributed by atoms with Gasteiger partial charge in [0.05, 0.1) is 19.8 Å². The number of aryl methyl sites for hydroxylation is 1. The molecule has 0 spiro atoms. The lowest BCUT2D eigenvalue weighted by Crippen LogP contribution is -2.15. The van der Waals surface area contributed by atoms with Gasteiger partial charge in [0.25, 0.3) is 0 Å². The van der Waals surface area contributed by atoms with Crippen LogP contribution in [0.2, 0.25) is 0 Å². The Labute approximate surface area is 110 Å². The maximum Gasteiger partial charge on any atom is 0.123 e. The minimum Gasteiger partial charge on any atom is -0.491 e. The lowest BCUT2D eigenvalue weighted by Gasteiger charge is -2.23. The van der Waals surface area contributed by atoms with Gasteiger partial charge in [-0.3, -0.25) is 0 Å². The number of hydrogen-bond acceptors (Lipinski definition) is 3. The van der Waals surface area contributed by atoms with Crippen molar-refractivity contribution in [2.75, 3.05) is 26.4 Å². The largest absolute Gasteiger partial charge is 0.491 e. The van der Waals surface area contributed by atoms with E-state index >= 15 is 0 Å². The van der Waals surface area contributed by atoms with E-state index < -0.39 is 0 Å². The molecule has 0 amide bonds. The Morgan fingerprint density at radius 3 is 2.44 bits per heavy atom. The molecule has 1 N–H and O–H groups in total. The Kier molecular flexibility index (Phi) is 5.63. The third kappa shape index (κ3) is 4.67. The highest BCUT2D eigenvalue weighted by atomic mass is 16.5. The number of hydrogen-bond donors (Lipinski definition) is 1. The van der Waals surface area contributed by atoms with Gasteiger partial charge >= 0.3 is 0 Å². The molecule has 0 aliphatic rings. The Balaban J connectivity index is 2.65. The molecule has 3 nitrogen and oxygen atoms in total. The van der Waals surface area contributed by atoms with Gasteiger partial charge in [-0.1, -0.05) is 32.9 Å². The fourth-order valence-corrected chi connectivity index (χ4v) is 1.75. The van der Waals surface area contributed by atoms with Crippen LogP contribution in [-0.2, 0) is 10.2 Å². The summed E-state index contributed by atoms with van der Waals surface area (Å²) in [6.07, 6.45) is 0. The van der Waals surface area contributed by atoms with Crippen LogP contribution in [0.4, 0.5) is 0 Å². The molecule has 0 heterocycles. The third-order valence-electron chi connectivity index (χ3n) is 2.67. The second kappa shape index (κ2) is 6.76. The second-order valence-corrected chi connectivity index (χ2v) is 5.43. The molecule has 102 valence electrons. The van der Waals surface area contributed by atoms with Crippen LogP contribution in [0.5, 0.6) is 5.75 Å². The van der Waals surface area contributed by atoms with Crippen molar-refractivity contribution in [1.29, 1.82) is 0 Å². The highest BCUT2D eigenvalue weighted by molar-refractivity contribution is 5.41. The summed E-state index contributed by atoms with van der Waals surface area (Å²) < 4.78 is 11.0. The van der Waals surface area contributed by atoms with E-state index in [-0.39, 0.29) is 12.0 Å². The van der Waals surface area contributed by atoms with E-state index in [1.54, 1.807) is 0 Å². The van der Waals surface area contributed by atoms with Gasteiger partial charge in [0.15, 0.2) is 0 Å². The lowest BCUT2D eigenvalue weighted by atomic mass is 9.86. The molecule has 18 heavy (non-hydrogen) atoms. The molecule has 0 aromatic heterocycles.